The van der Waals surface area contributed by atoms with Gasteiger partial charge in [0.2, 0.25) is 0 Å². The van der Waals surface area contributed by atoms with Crippen LogP contribution in [0.25, 0.3) is 0 Å². The van der Waals surface area contributed by atoms with Crippen molar-refractivity contribution in [3.05, 3.63) is 50.3 Å². The Morgan fingerprint density at radius 1 is 1.39 bits per heavy atom. The smallest absolute Gasteiger partial charge is 0.294 e. The van der Waals surface area contributed by atoms with E-state index in [4.69, 9.17) is 11.6 Å². The van der Waals surface area contributed by atoms with Crippen LogP contribution in [0.15, 0.2) is 18.2 Å². The van der Waals surface area contributed by atoms with Crippen molar-refractivity contribution in [3.63, 3.8) is 0 Å². The van der Waals surface area contributed by atoms with E-state index in [1.165, 1.54) is 11.6 Å². The molecule has 0 spiro atoms. The summed E-state index contributed by atoms with van der Waals surface area (Å²) in [6, 6.07) is 5.00. The Labute approximate surface area is 139 Å². The maximum absolute atomic E-state index is 11.4. The molecule has 0 aliphatic carbocycles. The zero-order valence-corrected chi connectivity index (χ0v) is 14.2. The van der Waals surface area contributed by atoms with Crippen molar-refractivity contribution in [1.82, 2.24) is 9.78 Å². The molecule has 7 heteroatoms. The number of hydrogen-bond acceptors (Lipinski definition) is 4. The molecule has 2 heterocycles. The lowest BCUT2D eigenvalue weighted by Crippen LogP contribution is -2.24. The summed E-state index contributed by atoms with van der Waals surface area (Å²) in [5.41, 5.74) is 3.96. The van der Waals surface area contributed by atoms with Crippen molar-refractivity contribution < 1.29 is 4.92 Å². The standard InChI is InChI=1S/C16H19ClN4O2/c1-10-16(11(2)19(3)18-10)14-5-4-8-20(14)13-7-6-12(17)9-15(13)21(22)23/h6-7,9,14H,4-5,8H2,1-3H3. The number of benzene rings is 1. The molecule has 0 bridgehead atoms. The molecule has 23 heavy (non-hydrogen) atoms. The molecule has 0 N–H and O–H groups in total. The molecule has 1 aromatic carbocycles. The van der Waals surface area contributed by atoms with Gasteiger partial charge in [-0.3, -0.25) is 14.8 Å². The Kier molecular flexibility index (Phi) is 4.02. The van der Waals surface area contributed by atoms with E-state index in [9.17, 15) is 10.1 Å². The molecule has 3 rings (SSSR count). The zero-order chi connectivity index (χ0) is 16.7. The molecule has 1 atom stereocenters. The van der Waals surface area contributed by atoms with Gasteiger partial charge in [-0.15, -0.1) is 0 Å². The Bertz CT molecular complexity index is 772. The fourth-order valence-corrected chi connectivity index (χ4v) is 3.68. The molecule has 0 saturated carbocycles. The van der Waals surface area contributed by atoms with Gasteiger partial charge in [0.05, 0.1) is 16.7 Å². The van der Waals surface area contributed by atoms with E-state index >= 15 is 0 Å². The summed E-state index contributed by atoms with van der Waals surface area (Å²) in [6.07, 6.45) is 1.96. The summed E-state index contributed by atoms with van der Waals surface area (Å²) in [7, 11) is 1.93. The van der Waals surface area contributed by atoms with Crippen LogP contribution >= 0.6 is 11.6 Å². The van der Waals surface area contributed by atoms with Crippen LogP contribution in [0.5, 0.6) is 0 Å². The average Bonchev–Trinajstić information content (AvgIpc) is 3.04. The molecule has 6 nitrogen and oxygen atoms in total. The second-order valence-corrected chi connectivity index (χ2v) is 6.39. The number of nitrogens with zero attached hydrogens (tertiary/aromatic N) is 4. The van der Waals surface area contributed by atoms with Gasteiger partial charge >= 0.3 is 0 Å². The summed E-state index contributed by atoms with van der Waals surface area (Å²) in [6.45, 7) is 4.83. The van der Waals surface area contributed by atoms with Gasteiger partial charge in [-0.25, -0.2) is 0 Å². The van der Waals surface area contributed by atoms with Gasteiger partial charge in [-0.05, 0) is 38.8 Å². The molecule has 1 fully saturated rings. The van der Waals surface area contributed by atoms with Gasteiger partial charge in [0.25, 0.3) is 5.69 Å². The summed E-state index contributed by atoms with van der Waals surface area (Å²) in [5.74, 6) is 0. The minimum Gasteiger partial charge on any atom is -0.359 e. The van der Waals surface area contributed by atoms with Crippen molar-refractivity contribution in [1.29, 1.82) is 0 Å². The highest BCUT2D eigenvalue weighted by Crippen LogP contribution is 2.42. The van der Waals surface area contributed by atoms with E-state index in [-0.39, 0.29) is 16.7 Å². The number of anilines is 1. The normalized spacial score (nSPS) is 17.7. The van der Waals surface area contributed by atoms with Crippen LogP contribution in [0, 0.1) is 24.0 Å². The molecule has 0 radical (unpaired) electrons. The lowest BCUT2D eigenvalue weighted by Gasteiger charge is -2.27. The van der Waals surface area contributed by atoms with Crippen LogP contribution in [0.1, 0.15) is 35.8 Å². The van der Waals surface area contributed by atoms with Gasteiger partial charge in [-0.1, -0.05) is 11.6 Å². The van der Waals surface area contributed by atoms with Crippen molar-refractivity contribution in [2.75, 3.05) is 11.4 Å². The fourth-order valence-electron chi connectivity index (χ4n) is 3.51. The largest absolute Gasteiger partial charge is 0.359 e. The highest BCUT2D eigenvalue weighted by atomic mass is 35.5. The second-order valence-electron chi connectivity index (χ2n) is 5.95. The molecule has 1 unspecified atom stereocenters. The monoisotopic (exact) mass is 334 g/mol. The lowest BCUT2D eigenvalue weighted by molar-refractivity contribution is -0.384. The predicted molar refractivity (Wildman–Crippen MR) is 90.1 cm³/mol. The molecule has 1 aliphatic heterocycles. The molecule has 1 aliphatic rings. The van der Waals surface area contributed by atoms with Crippen molar-refractivity contribution in [3.8, 4) is 0 Å². The zero-order valence-electron chi connectivity index (χ0n) is 13.4. The molecule has 1 saturated heterocycles. The van der Waals surface area contributed by atoms with Gasteiger partial charge in [0, 0.05) is 35.9 Å². The van der Waals surface area contributed by atoms with Gasteiger partial charge in [0.15, 0.2) is 0 Å². The molecule has 0 amide bonds. The number of nitro benzene ring substituents is 1. The molecule has 122 valence electrons. The third-order valence-electron chi connectivity index (χ3n) is 4.59. The van der Waals surface area contributed by atoms with E-state index < -0.39 is 0 Å². The van der Waals surface area contributed by atoms with E-state index in [0.29, 0.717) is 10.7 Å². The van der Waals surface area contributed by atoms with Crippen molar-refractivity contribution in [2.24, 2.45) is 7.05 Å². The highest BCUT2D eigenvalue weighted by molar-refractivity contribution is 6.30. The van der Waals surface area contributed by atoms with Gasteiger partial charge < -0.3 is 4.90 Å². The Hall–Kier alpha value is -2.08. The first-order valence-electron chi connectivity index (χ1n) is 7.61. The molecular weight excluding hydrogens is 316 g/mol. The number of halogens is 1. The van der Waals surface area contributed by atoms with E-state index in [1.54, 1.807) is 12.1 Å². The molecular formula is C16H19ClN4O2. The maximum atomic E-state index is 11.4. The summed E-state index contributed by atoms with van der Waals surface area (Å²) >= 11 is 5.94. The SMILES string of the molecule is Cc1nn(C)c(C)c1C1CCCN1c1ccc(Cl)cc1[N+](=O)[O-]. The lowest BCUT2D eigenvalue weighted by atomic mass is 10.0. The van der Waals surface area contributed by atoms with Crippen LogP contribution in [-0.4, -0.2) is 21.2 Å². The maximum Gasteiger partial charge on any atom is 0.294 e. The number of nitro groups is 1. The number of hydrogen-bond donors (Lipinski definition) is 0. The highest BCUT2D eigenvalue weighted by Gasteiger charge is 2.33. The Morgan fingerprint density at radius 3 is 2.74 bits per heavy atom. The third-order valence-corrected chi connectivity index (χ3v) is 4.83. The van der Waals surface area contributed by atoms with Gasteiger partial charge in [0.1, 0.15) is 5.69 Å². The minimum atomic E-state index is -0.362. The summed E-state index contributed by atoms with van der Waals surface area (Å²) in [4.78, 5) is 13.2. The first-order chi connectivity index (χ1) is 10.9. The summed E-state index contributed by atoms with van der Waals surface area (Å²) in [5, 5.41) is 16.3. The van der Waals surface area contributed by atoms with Crippen LogP contribution in [0.3, 0.4) is 0 Å². The fraction of sp³-hybridized carbons (Fsp3) is 0.438. The van der Waals surface area contributed by atoms with Crippen molar-refractivity contribution in [2.45, 2.75) is 32.7 Å². The van der Waals surface area contributed by atoms with Gasteiger partial charge in [-0.2, -0.15) is 5.10 Å². The second kappa shape index (κ2) is 5.85. The summed E-state index contributed by atoms with van der Waals surface area (Å²) < 4.78 is 1.87. The molecule has 2 aromatic rings. The topological polar surface area (TPSA) is 64.2 Å². The minimum absolute atomic E-state index is 0.0589. The van der Waals surface area contributed by atoms with Crippen LogP contribution in [0.2, 0.25) is 5.02 Å². The first kappa shape index (κ1) is 15.8. The van der Waals surface area contributed by atoms with Crippen molar-refractivity contribution >= 4 is 23.0 Å². The van der Waals surface area contributed by atoms with E-state index in [2.05, 4.69) is 10.00 Å². The molecule has 1 aromatic heterocycles. The predicted octanol–water partition coefficient (Wildman–Crippen LogP) is 3.94. The Balaban J connectivity index is 2.08. The third kappa shape index (κ3) is 2.67. The van der Waals surface area contributed by atoms with Crippen LogP contribution < -0.4 is 4.90 Å². The van der Waals surface area contributed by atoms with Crippen LogP contribution in [0.4, 0.5) is 11.4 Å². The van der Waals surface area contributed by atoms with E-state index in [1.807, 2.05) is 25.6 Å². The van der Waals surface area contributed by atoms with Crippen LogP contribution in [-0.2, 0) is 7.05 Å². The first-order valence-corrected chi connectivity index (χ1v) is 7.98. The Morgan fingerprint density at radius 2 is 2.13 bits per heavy atom. The number of aryl methyl sites for hydroxylation is 2. The van der Waals surface area contributed by atoms with E-state index in [0.717, 1.165) is 30.8 Å². The number of aromatic nitrogens is 2. The number of rotatable bonds is 3. The quantitative estimate of drug-likeness (QED) is 0.630. The average molecular weight is 335 g/mol.